The van der Waals surface area contributed by atoms with E-state index in [9.17, 15) is 4.79 Å². The van der Waals surface area contributed by atoms with Gasteiger partial charge >= 0.3 is 5.97 Å². The quantitative estimate of drug-likeness (QED) is 0.319. The van der Waals surface area contributed by atoms with Gasteiger partial charge in [-0.2, -0.15) is 0 Å². The molecule has 102 valence electrons. The van der Waals surface area contributed by atoms with E-state index >= 15 is 0 Å². The molecule has 0 unspecified atom stereocenters. The zero-order valence-corrected chi connectivity index (χ0v) is 11.4. The molecule has 0 aliphatic carbocycles. The van der Waals surface area contributed by atoms with Crippen molar-refractivity contribution in [2.45, 2.75) is 58.2 Å². The van der Waals surface area contributed by atoms with E-state index in [1.54, 1.807) is 14.2 Å². The van der Waals surface area contributed by atoms with Gasteiger partial charge in [-0.05, 0) is 19.3 Å². The van der Waals surface area contributed by atoms with E-state index < -0.39 is 0 Å². The minimum atomic E-state index is -0.185. The smallest absolute Gasteiger partial charge is 0.302 e. The highest BCUT2D eigenvalue weighted by atomic mass is 16.7. The van der Waals surface area contributed by atoms with Crippen molar-refractivity contribution in [1.29, 1.82) is 0 Å². The lowest BCUT2D eigenvalue weighted by Crippen LogP contribution is -2.12. The highest BCUT2D eigenvalue weighted by molar-refractivity contribution is 5.65. The van der Waals surface area contributed by atoms with Crippen molar-refractivity contribution in [3.63, 3.8) is 0 Å². The van der Waals surface area contributed by atoms with E-state index in [4.69, 9.17) is 14.2 Å². The Balaban J connectivity index is 3.10. The molecule has 0 amide bonds. The van der Waals surface area contributed by atoms with Gasteiger partial charge in [-0.15, -0.1) is 0 Å². The number of carbonyl (C=O) groups excluding carboxylic acids is 1. The fourth-order valence-electron chi connectivity index (χ4n) is 1.67. The zero-order valence-electron chi connectivity index (χ0n) is 11.4. The molecule has 0 aromatic heterocycles. The first-order valence-corrected chi connectivity index (χ1v) is 6.39. The van der Waals surface area contributed by atoms with Crippen LogP contribution >= 0.6 is 0 Å². The molecule has 0 saturated carbocycles. The Kier molecular flexibility index (Phi) is 11.4. The maximum absolute atomic E-state index is 10.5. The summed E-state index contributed by atoms with van der Waals surface area (Å²) in [5.41, 5.74) is 0. The van der Waals surface area contributed by atoms with Gasteiger partial charge in [0.15, 0.2) is 6.29 Å². The van der Waals surface area contributed by atoms with Crippen LogP contribution in [0.1, 0.15) is 51.9 Å². The first kappa shape index (κ1) is 16.4. The van der Waals surface area contributed by atoms with Gasteiger partial charge in [0, 0.05) is 21.1 Å². The number of carbonyl (C=O) groups is 1. The number of hydrogen-bond donors (Lipinski definition) is 0. The van der Waals surface area contributed by atoms with E-state index in [0.29, 0.717) is 6.61 Å². The van der Waals surface area contributed by atoms with Crippen molar-refractivity contribution in [3.8, 4) is 0 Å². The molecule has 0 bridgehead atoms. The number of rotatable bonds is 11. The predicted octanol–water partition coefficient (Wildman–Crippen LogP) is 2.90. The summed E-state index contributed by atoms with van der Waals surface area (Å²) in [5, 5.41) is 0. The van der Waals surface area contributed by atoms with E-state index in [0.717, 1.165) is 25.7 Å². The van der Waals surface area contributed by atoms with Gasteiger partial charge in [-0.3, -0.25) is 4.79 Å². The topological polar surface area (TPSA) is 44.8 Å². The van der Waals surface area contributed by atoms with Crippen molar-refractivity contribution in [3.05, 3.63) is 0 Å². The van der Waals surface area contributed by atoms with Crippen LogP contribution in [0.3, 0.4) is 0 Å². The molecule has 0 atom stereocenters. The standard InChI is InChI=1S/C13H26O4/c1-12(14)17-11-9-7-5-4-6-8-10-13(15-2)16-3/h13H,4-11H2,1-3H3. The lowest BCUT2D eigenvalue weighted by molar-refractivity contribution is -0.141. The molecule has 0 heterocycles. The second kappa shape index (κ2) is 11.9. The summed E-state index contributed by atoms with van der Waals surface area (Å²) in [4.78, 5) is 10.5. The molecule has 0 radical (unpaired) electrons. The second-order valence-electron chi connectivity index (χ2n) is 4.15. The lowest BCUT2D eigenvalue weighted by atomic mass is 10.1. The highest BCUT2D eigenvalue weighted by Crippen LogP contribution is 2.10. The van der Waals surface area contributed by atoms with E-state index in [-0.39, 0.29) is 12.3 Å². The van der Waals surface area contributed by atoms with Crippen LogP contribution in [0.4, 0.5) is 0 Å². The fourth-order valence-corrected chi connectivity index (χ4v) is 1.67. The molecule has 0 aromatic rings. The second-order valence-corrected chi connectivity index (χ2v) is 4.15. The van der Waals surface area contributed by atoms with Crippen LogP contribution in [0.2, 0.25) is 0 Å². The van der Waals surface area contributed by atoms with Gasteiger partial charge in [-0.1, -0.05) is 25.7 Å². The number of hydrogen-bond acceptors (Lipinski definition) is 4. The van der Waals surface area contributed by atoms with E-state index in [2.05, 4.69) is 0 Å². The Morgan fingerprint density at radius 1 is 0.941 bits per heavy atom. The minimum Gasteiger partial charge on any atom is -0.466 e. The Morgan fingerprint density at radius 2 is 1.47 bits per heavy atom. The third-order valence-electron chi connectivity index (χ3n) is 2.67. The maximum Gasteiger partial charge on any atom is 0.302 e. The summed E-state index contributed by atoms with van der Waals surface area (Å²) in [6.45, 7) is 2.01. The molecule has 0 spiro atoms. The monoisotopic (exact) mass is 246 g/mol. The van der Waals surface area contributed by atoms with Crippen molar-refractivity contribution in [1.82, 2.24) is 0 Å². The number of ether oxygens (including phenoxy) is 3. The van der Waals surface area contributed by atoms with Crippen molar-refractivity contribution >= 4 is 5.97 Å². The van der Waals surface area contributed by atoms with E-state index in [1.165, 1.54) is 26.2 Å². The van der Waals surface area contributed by atoms with E-state index in [1.807, 2.05) is 0 Å². The summed E-state index contributed by atoms with van der Waals surface area (Å²) in [7, 11) is 3.34. The largest absolute Gasteiger partial charge is 0.466 e. The number of methoxy groups -OCH3 is 2. The molecule has 4 nitrogen and oxygen atoms in total. The summed E-state index contributed by atoms with van der Waals surface area (Å²) >= 11 is 0. The summed E-state index contributed by atoms with van der Waals surface area (Å²) < 4.78 is 15.1. The number of esters is 1. The molecule has 4 heteroatoms. The highest BCUT2D eigenvalue weighted by Gasteiger charge is 2.03. The Hall–Kier alpha value is -0.610. The summed E-state index contributed by atoms with van der Waals surface area (Å²) in [5.74, 6) is -0.185. The van der Waals surface area contributed by atoms with Crippen LogP contribution in [0.5, 0.6) is 0 Å². The maximum atomic E-state index is 10.5. The Labute approximate surface area is 105 Å². The molecule has 0 aromatic carbocycles. The predicted molar refractivity (Wildman–Crippen MR) is 66.8 cm³/mol. The first-order chi connectivity index (χ1) is 8.20. The molecule has 0 N–H and O–H groups in total. The van der Waals surface area contributed by atoms with Crippen molar-refractivity contribution in [2.75, 3.05) is 20.8 Å². The van der Waals surface area contributed by atoms with Crippen LogP contribution in [0.25, 0.3) is 0 Å². The molecule has 0 aliphatic rings. The number of unbranched alkanes of at least 4 members (excludes halogenated alkanes) is 5. The van der Waals surface area contributed by atoms with Crippen LogP contribution in [-0.4, -0.2) is 33.1 Å². The third kappa shape index (κ3) is 11.6. The van der Waals surface area contributed by atoms with Gasteiger partial charge in [0.05, 0.1) is 6.61 Å². The summed E-state index contributed by atoms with van der Waals surface area (Å²) in [6.07, 6.45) is 7.77. The van der Waals surface area contributed by atoms with Crippen molar-refractivity contribution in [2.24, 2.45) is 0 Å². The average molecular weight is 246 g/mol. The van der Waals surface area contributed by atoms with Crippen molar-refractivity contribution < 1.29 is 19.0 Å². The molecule has 0 rings (SSSR count). The molecule has 0 aliphatic heterocycles. The first-order valence-electron chi connectivity index (χ1n) is 6.39. The van der Waals surface area contributed by atoms with Crippen LogP contribution < -0.4 is 0 Å². The van der Waals surface area contributed by atoms with Gasteiger partial charge in [0.2, 0.25) is 0 Å². The lowest BCUT2D eigenvalue weighted by Gasteiger charge is -2.12. The van der Waals surface area contributed by atoms with Gasteiger partial charge < -0.3 is 14.2 Å². The van der Waals surface area contributed by atoms with Crippen LogP contribution in [0.15, 0.2) is 0 Å². The Bertz CT molecular complexity index is 178. The Morgan fingerprint density at radius 3 is 2.00 bits per heavy atom. The third-order valence-corrected chi connectivity index (χ3v) is 2.67. The molecular weight excluding hydrogens is 220 g/mol. The van der Waals surface area contributed by atoms with Gasteiger partial charge in [0.25, 0.3) is 0 Å². The SMILES string of the molecule is COC(CCCCCCCCOC(C)=O)OC. The van der Waals surface area contributed by atoms with Gasteiger partial charge in [-0.25, -0.2) is 0 Å². The van der Waals surface area contributed by atoms with Crippen LogP contribution in [0, 0.1) is 0 Å². The normalized spacial score (nSPS) is 10.8. The fraction of sp³-hybridized carbons (Fsp3) is 0.923. The summed E-state index contributed by atoms with van der Waals surface area (Å²) in [6, 6.07) is 0. The molecular formula is C13H26O4. The zero-order chi connectivity index (χ0) is 12.9. The minimum absolute atomic E-state index is 0.0565. The van der Waals surface area contributed by atoms with Gasteiger partial charge in [0.1, 0.15) is 0 Å². The van der Waals surface area contributed by atoms with Crippen LogP contribution in [-0.2, 0) is 19.0 Å². The average Bonchev–Trinajstić information content (AvgIpc) is 2.31. The molecule has 17 heavy (non-hydrogen) atoms. The molecule has 0 saturated heterocycles. The molecule has 0 fully saturated rings.